The van der Waals surface area contributed by atoms with Gasteiger partial charge >= 0.3 is 0 Å². The highest BCUT2D eigenvalue weighted by Gasteiger charge is 2.44. The summed E-state index contributed by atoms with van der Waals surface area (Å²) in [7, 11) is 0. The first-order valence-corrected chi connectivity index (χ1v) is 8.46. The second-order valence-electron chi connectivity index (χ2n) is 8.01. The van der Waals surface area contributed by atoms with Gasteiger partial charge in [-0.1, -0.05) is 41.9 Å². The van der Waals surface area contributed by atoms with E-state index in [0.29, 0.717) is 5.92 Å². The van der Waals surface area contributed by atoms with E-state index in [9.17, 15) is 5.11 Å². The summed E-state index contributed by atoms with van der Waals surface area (Å²) >= 11 is 0. The second-order valence-corrected chi connectivity index (χ2v) is 8.01. The molecule has 0 unspecified atom stereocenters. The van der Waals surface area contributed by atoms with E-state index in [1.807, 2.05) is 13.8 Å². The summed E-state index contributed by atoms with van der Waals surface area (Å²) in [5.74, 6) is 0.310. The Morgan fingerprint density at radius 2 is 1.86 bits per heavy atom. The first-order chi connectivity index (χ1) is 9.72. The molecule has 0 radical (unpaired) electrons. The molecule has 2 aliphatic carbocycles. The lowest BCUT2D eigenvalue weighted by Gasteiger charge is -2.32. The minimum absolute atomic E-state index is 0.233. The second kappa shape index (κ2) is 6.12. The monoisotopic (exact) mass is 288 g/mol. The van der Waals surface area contributed by atoms with Crippen LogP contribution in [0.5, 0.6) is 0 Å². The van der Waals surface area contributed by atoms with Crippen LogP contribution in [0, 0.1) is 11.3 Å². The van der Waals surface area contributed by atoms with Gasteiger partial charge in [-0.05, 0) is 71.6 Å². The van der Waals surface area contributed by atoms with E-state index in [4.69, 9.17) is 0 Å². The highest BCUT2D eigenvalue weighted by molar-refractivity contribution is 5.28. The van der Waals surface area contributed by atoms with Gasteiger partial charge in [-0.3, -0.25) is 0 Å². The number of aliphatic hydroxyl groups is 1. The maximum atomic E-state index is 10.6. The maximum Gasteiger partial charge on any atom is 0.0656 e. The van der Waals surface area contributed by atoms with Crippen LogP contribution >= 0.6 is 0 Å². The molecule has 0 spiro atoms. The van der Waals surface area contributed by atoms with E-state index < -0.39 is 5.60 Å². The van der Waals surface area contributed by atoms with Crippen LogP contribution in [0.1, 0.15) is 73.1 Å². The highest BCUT2D eigenvalue weighted by atomic mass is 16.3. The molecule has 0 aliphatic heterocycles. The summed E-state index contributed by atoms with van der Waals surface area (Å²) in [5, 5.41) is 10.6. The standard InChI is InChI=1S/C20H32O/c1-15-7-6-8-16(2)11-13-20(5)14-12-17(19(3,4)21)18(20)10-9-15/h7,10-11,17,21H,6,8-9,12-14H2,1-5H3/b15-7+,16-11+,18-10-/t17-,20-/m1/s1. The molecular weight excluding hydrogens is 256 g/mol. The molecule has 1 saturated carbocycles. The van der Waals surface area contributed by atoms with Crippen LogP contribution < -0.4 is 0 Å². The Morgan fingerprint density at radius 1 is 1.14 bits per heavy atom. The van der Waals surface area contributed by atoms with Crippen molar-refractivity contribution in [3.63, 3.8) is 0 Å². The number of rotatable bonds is 1. The molecule has 1 heteroatoms. The van der Waals surface area contributed by atoms with Crippen molar-refractivity contribution in [2.75, 3.05) is 0 Å². The molecule has 1 nitrogen and oxygen atoms in total. The summed E-state index contributed by atoms with van der Waals surface area (Å²) < 4.78 is 0. The third-order valence-electron chi connectivity index (χ3n) is 5.49. The van der Waals surface area contributed by atoms with Crippen molar-refractivity contribution in [2.45, 2.75) is 78.7 Å². The van der Waals surface area contributed by atoms with Gasteiger partial charge in [0.25, 0.3) is 0 Å². The predicted molar refractivity (Wildman–Crippen MR) is 91.2 cm³/mol. The zero-order chi connectivity index (χ0) is 15.7. The topological polar surface area (TPSA) is 20.2 Å². The molecule has 21 heavy (non-hydrogen) atoms. The smallest absolute Gasteiger partial charge is 0.0656 e. The maximum absolute atomic E-state index is 10.6. The zero-order valence-corrected chi connectivity index (χ0v) is 14.5. The number of allylic oxidation sites excluding steroid dienone is 5. The average Bonchev–Trinajstić information content (AvgIpc) is 2.70. The van der Waals surface area contributed by atoms with Gasteiger partial charge in [-0.15, -0.1) is 0 Å². The molecule has 2 atom stereocenters. The minimum atomic E-state index is -0.611. The Kier molecular flexibility index (Phi) is 4.82. The molecule has 1 fully saturated rings. The van der Waals surface area contributed by atoms with Crippen LogP contribution in [-0.2, 0) is 0 Å². The summed E-state index contributed by atoms with van der Waals surface area (Å²) in [5.41, 5.74) is 4.08. The summed E-state index contributed by atoms with van der Waals surface area (Å²) in [6.07, 6.45) is 14.0. The summed E-state index contributed by atoms with van der Waals surface area (Å²) in [6, 6.07) is 0. The van der Waals surface area contributed by atoms with Crippen LogP contribution in [0.25, 0.3) is 0 Å². The molecule has 2 rings (SSSR count). The Hall–Kier alpha value is -0.820. The molecule has 0 amide bonds. The average molecular weight is 288 g/mol. The van der Waals surface area contributed by atoms with Crippen molar-refractivity contribution < 1.29 is 5.11 Å². The molecular formula is C20H32O. The van der Waals surface area contributed by atoms with Crippen LogP contribution in [0.2, 0.25) is 0 Å². The van der Waals surface area contributed by atoms with Crippen LogP contribution in [-0.4, -0.2) is 10.7 Å². The number of fused-ring (bicyclic) bond motifs is 1. The molecule has 118 valence electrons. The molecule has 0 saturated heterocycles. The van der Waals surface area contributed by atoms with E-state index in [-0.39, 0.29) is 5.41 Å². The van der Waals surface area contributed by atoms with Crippen LogP contribution in [0.4, 0.5) is 0 Å². The summed E-state index contributed by atoms with van der Waals surface area (Å²) in [6.45, 7) is 10.8. The van der Waals surface area contributed by atoms with Gasteiger partial charge < -0.3 is 5.11 Å². The SMILES string of the molecule is C/C1=C\CC/C(C)=C/C[C@]2(C)CC[C@@H](C(C)(C)O)/C2=C/C1. The number of hydrogen-bond acceptors (Lipinski definition) is 1. The normalized spacial score (nSPS) is 39.1. The molecule has 0 aromatic heterocycles. The molecule has 0 aromatic rings. The van der Waals surface area contributed by atoms with Crippen molar-refractivity contribution in [3.05, 3.63) is 34.9 Å². The van der Waals surface area contributed by atoms with E-state index in [0.717, 1.165) is 25.7 Å². The van der Waals surface area contributed by atoms with Gasteiger partial charge in [0.1, 0.15) is 0 Å². The van der Waals surface area contributed by atoms with Crippen molar-refractivity contribution in [1.29, 1.82) is 0 Å². The zero-order valence-electron chi connectivity index (χ0n) is 14.5. The molecule has 0 aromatic carbocycles. The first kappa shape index (κ1) is 16.5. The van der Waals surface area contributed by atoms with E-state index in [1.165, 1.54) is 29.6 Å². The fraction of sp³-hybridized carbons (Fsp3) is 0.700. The Morgan fingerprint density at radius 3 is 2.52 bits per heavy atom. The highest BCUT2D eigenvalue weighted by Crippen LogP contribution is 2.52. The molecule has 1 N–H and O–H groups in total. The molecule has 2 aliphatic rings. The van der Waals surface area contributed by atoms with Crippen molar-refractivity contribution in [1.82, 2.24) is 0 Å². The van der Waals surface area contributed by atoms with E-state index in [2.05, 4.69) is 39.0 Å². The predicted octanol–water partition coefficient (Wildman–Crippen LogP) is 5.57. The first-order valence-electron chi connectivity index (χ1n) is 8.46. The largest absolute Gasteiger partial charge is 0.390 e. The van der Waals surface area contributed by atoms with E-state index >= 15 is 0 Å². The lowest BCUT2D eigenvalue weighted by atomic mass is 9.75. The molecule has 0 bridgehead atoms. The van der Waals surface area contributed by atoms with Crippen LogP contribution in [0.15, 0.2) is 34.9 Å². The Balaban J connectivity index is 2.39. The third-order valence-corrected chi connectivity index (χ3v) is 5.49. The van der Waals surface area contributed by atoms with Gasteiger partial charge in [-0.2, -0.15) is 0 Å². The van der Waals surface area contributed by atoms with Gasteiger partial charge in [0.15, 0.2) is 0 Å². The van der Waals surface area contributed by atoms with Gasteiger partial charge in [-0.25, -0.2) is 0 Å². The van der Waals surface area contributed by atoms with Crippen molar-refractivity contribution in [2.24, 2.45) is 11.3 Å². The third kappa shape index (κ3) is 3.88. The fourth-order valence-corrected chi connectivity index (χ4v) is 3.93. The van der Waals surface area contributed by atoms with Crippen molar-refractivity contribution in [3.8, 4) is 0 Å². The van der Waals surface area contributed by atoms with Gasteiger partial charge in [0, 0.05) is 5.92 Å². The Labute approximate surface area is 130 Å². The van der Waals surface area contributed by atoms with Gasteiger partial charge in [0.2, 0.25) is 0 Å². The summed E-state index contributed by atoms with van der Waals surface area (Å²) in [4.78, 5) is 0. The molecule has 0 heterocycles. The fourth-order valence-electron chi connectivity index (χ4n) is 3.93. The van der Waals surface area contributed by atoms with Gasteiger partial charge in [0.05, 0.1) is 5.60 Å². The lowest BCUT2D eigenvalue weighted by molar-refractivity contribution is 0.0338. The Bertz CT molecular complexity index is 473. The van der Waals surface area contributed by atoms with E-state index in [1.54, 1.807) is 0 Å². The minimum Gasteiger partial charge on any atom is -0.390 e. The quantitative estimate of drug-likeness (QED) is 0.626. The van der Waals surface area contributed by atoms with Crippen LogP contribution in [0.3, 0.4) is 0 Å². The number of hydrogen-bond donors (Lipinski definition) is 1. The van der Waals surface area contributed by atoms with Crippen molar-refractivity contribution >= 4 is 0 Å². The lowest BCUT2D eigenvalue weighted by Crippen LogP contribution is -2.32.